The maximum Gasteiger partial charge on any atom is 0.191 e. The van der Waals surface area contributed by atoms with Gasteiger partial charge in [0, 0.05) is 17.4 Å². The number of rotatable bonds is 6. The zero-order chi connectivity index (χ0) is 17.1. The number of benzene rings is 1. The summed E-state index contributed by atoms with van der Waals surface area (Å²) in [5.74, 6) is -0.837. The van der Waals surface area contributed by atoms with E-state index in [9.17, 15) is 13.9 Å². The Kier molecular flexibility index (Phi) is 5.27. The topological polar surface area (TPSA) is 58.0 Å². The van der Waals surface area contributed by atoms with Gasteiger partial charge in [0.2, 0.25) is 0 Å². The van der Waals surface area contributed by atoms with E-state index in [1.165, 1.54) is 29.2 Å². The van der Waals surface area contributed by atoms with E-state index >= 15 is 0 Å². The van der Waals surface area contributed by atoms with Crippen LogP contribution in [0.3, 0.4) is 0 Å². The standard InChI is InChI=1S/C16H15F2N3OS2/c1-9(7-22)19-14-11-5-6-23-15(11)21-16(20-14)24-8-10-3-2-4-12(17)13(10)18/h2-6,9,22H,7-8H2,1H3,(H,19,20,21)/t9-/m1/s1. The van der Waals surface area contributed by atoms with E-state index in [-0.39, 0.29) is 24.0 Å². The van der Waals surface area contributed by atoms with E-state index in [1.54, 1.807) is 6.07 Å². The SMILES string of the molecule is C[C@H](CO)Nc1nc(SCc2cccc(F)c2F)nc2sccc12. The van der Waals surface area contributed by atoms with Crippen LogP contribution in [-0.2, 0) is 5.75 Å². The van der Waals surface area contributed by atoms with Crippen LogP contribution in [0.5, 0.6) is 0 Å². The van der Waals surface area contributed by atoms with Gasteiger partial charge in [-0.25, -0.2) is 18.7 Å². The van der Waals surface area contributed by atoms with Crippen molar-refractivity contribution in [2.75, 3.05) is 11.9 Å². The molecule has 0 spiro atoms. The summed E-state index contributed by atoms with van der Waals surface area (Å²) in [7, 11) is 0. The zero-order valence-electron chi connectivity index (χ0n) is 12.8. The first-order valence-electron chi connectivity index (χ1n) is 7.27. The fraction of sp³-hybridized carbons (Fsp3) is 0.250. The monoisotopic (exact) mass is 367 g/mol. The molecule has 1 atom stereocenters. The van der Waals surface area contributed by atoms with Gasteiger partial charge in [-0.05, 0) is 24.4 Å². The summed E-state index contributed by atoms with van der Waals surface area (Å²) in [6, 6.07) is 5.88. The highest BCUT2D eigenvalue weighted by atomic mass is 32.2. The van der Waals surface area contributed by atoms with Crippen LogP contribution in [0.25, 0.3) is 10.2 Å². The molecule has 0 aliphatic carbocycles. The Labute approximate surface area is 146 Å². The maximum atomic E-state index is 13.7. The third kappa shape index (κ3) is 3.66. The Bertz CT molecular complexity index is 856. The molecule has 2 heterocycles. The lowest BCUT2D eigenvalue weighted by molar-refractivity contribution is 0.281. The number of aliphatic hydroxyl groups is 1. The summed E-state index contributed by atoms with van der Waals surface area (Å²) in [6.45, 7) is 1.82. The third-order valence-electron chi connectivity index (χ3n) is 3.35. The van der Waals surface area contributed by atoms with Crippen LogP contribution >= 0.6 is 23.1 Å². The Balaban J connectivity index is 1.85. The van der Waals surface area contributed by atoms with Gasteiger partial charge in [-0.3, -0.25) is 0 Å². The molecule has 0 bridgehead atoms. The van der Waals surface area contributed by atoms with Crippen molar-refractivity contribution in [3.63, 3.8) is 0 Å². The van der Waals surface area contributed by atoms with E-state index in [0.29, 0.717) is 11.0 Å². The van der Waals surface area contributed by atoms with Crippen LogP contribution in [0.2, 0.25) is 0 Å². The Morgan fingerprint density at radius 1 is 1.29 bits per heavy atom. The molecular formula is C16H15F2N3OS2. The van der Waals surface area contributed by atoms with Crippen molar-refractivity contribution in [2.24, 2.45) is 0 Å². The number of hydrogen-bond donors (Lipinski definition) is 2. The van der Waals surface area contributed by atoms with Gasteiger partial charge < -0.3 is 10.4 Å². The van der Waals surface area contributed by atoms with Gasteiger partial charge in [0.15, 0.2) is 16.8 Å². The van der Waals surface area contributed by atoms with Crippen LogP contribution in [0.1, 0.15) is 12.5 Å². The van der Waals surface area contributed by atoms with E-state index in [0.717, 1.165) is 16.3 Å². The summed E-state index contributed by atoms with van der Waals surface area (Å²) < 4.78 is 27.0. The number of fused-ring (bicyclic) bond motifs is 1. The van der Waals surface area contributed by atoms with Gasteiger partial charge in [0.1, 0.15) is 10.6 Å². The first-order chi connectivity index (χ1) is 11.6. The van der Waals surface area contributed by atoms with Crippen molar-refractivity contribution in [1.82, 2.24) is 9.97 Å². The number of halogens is 2. The van der Waals surface area contributed by atoms with Crippen LogP contribution in [0.15, 0.2) is 34.8 Å². The predicted molar refractivity (Wildman–Crippen MR) is 93.5 cm³/mol. The smallest absolute Gasteiger partial charge is 0.191 e. The number of nitrogens with one attached hydrogen (secondary N) is 1. The van der Waals surface area contributed by atoms with Crippen molar-refractivity contribution in [3.05, 3.63) is 46.8 Å². The molecule has 2 N–H and O–H groups in total. The molecule has 0 aliphatic rings. The molecule has 24 heavy (non-hydrogen) atoms. The van der Waals surface area contributed by atoms with Gasteiger partial charge in [0.25, 0.3) is 0 Å². The molecular weight excluding hydrogens is 352 g/mol. The van der Waals surface area contributed by atoms with Crippen LogP contribution < -0.4 is 5.32 Å². The number of aliphatic hydroxyl groups excluding tert-OH is 1. The quantitative estimate of drug-likeness (QED) is 0.508. The molecule has 8 heteroatoms. The number of thiophene rings is 1. The Morgan fingerprint density at radius 2 is 2.12 bits per heavy atom. The molecule has 0 saturated carbocycles. The van der Waals surface area contributed by atoms with E-state index in [1.807, 2.05) is 18.4 Å². The van der Waals surface area contributed by atoms with Crippen molar-refractivity contribution in [2.45, 2.75) is 23.9 Å². The highest BCUT2D eigenvalue weighted by Gasteiger charge is 2.13. The Morgan fingerprint density at radius 3 is 2.92 bits per heavy atom. The van der Waals surface area contributed by atoms with Gasteiger partial charge in [-0.1, -0.05) is 23.9 Å². The van der Waals surface area contributed by atoms with Gasteiger partial charge in [0.05, 0.1) is 12.0 Å². The van der Waals surface area contributed by atoms with E-state index in [4.69, 9.17) is 0 Å². The third-order valence-corrected chi connectivity index (χ3v) is 5.05. The molecule has 0 aliphatic heterocycles. The molecule has 0 unspecified atom stereocenters. The minimum absolute atomic E-state index is 0.0212. The van der Waals surface area contributed by atoms with E-state index < -0.39 is 11.6 Å². The highest BCUT2D eigenvalue weighted by molar-refractivity contribution is 7.98. The number of anilines is 1. The number of thioether (sulfide) groups is 1. The summed E-state index contributed by atoms with van der Waals surface area (Å²) >= 11 is 2.72. The summed E-state index contributed by atoms with van der Waals surface area (Å²) in [5, 5.41) is 15.6. The number of hydrogen-bond acceptors (Lipinski definition) is 6. The molecule has 4 nitrogen and oxygen atoms in total. The summed E-state index contributed by atoms with van der Waals surface area (Å²) in [5.41, 5.74) is 0.271. The molecule has 1 aromatic carbocycles. The average Bonchev–Trinajstić information content (AvgIpc) is 3.05. The Hall–Kier alpha value is -1.77. The normalized spacial score (nSPS) is 12.5. The zero-order valence-corrected chi connectivity index (χ0v) is 14.4. The van der Waals surface area contributed by atoms with Crippen LogP contribution in [0.4, 0.5) is 14.6 Å². The lowest BCUT2D eigenvalue weighted by Crippen LogP contribution is -2.20. The molecule has 126 valence electrons. The average molecular weight is 367 g/mol. The molecule has 0 amide bonds. The summed E-state index contributed by atoms with van der Waals surface area (Å²) in [6.07, 6.45) is 0. The van der Waals surface area contributed by atoms with Crippen molar-refractivity contribution in [1.29, 1.82) is 0 Å². The molecule has 2 aromatic heterocycles. The van der Waals surface area contributed by atoms with Crippen molar-refractivity contribution in [3.8, 4) is 0 Å². The lowest BCUT2D eigenvalue weighted by Gasteiger charge is -2.13. The minimum atomic E-state index is -0.859. The van der Waals surface area contributed by atoms with Gasteiger partial charge >= 0.3 is 0 Å². The largest absolute Gasteiger partial charge is 0.394 e. The first kappa shape index (κ1) is 17.1. The first-order valence-corrected chi connectivity index (χ1v) is 9.13. The van der Waals surface area contributed by atoms with E-state index in [2.05, 4.69) is 15.3 Å². The summed E-state index contributed by atoms with van der Waals surface area (Å²) in [4.78, 5) is 9.70. The number of aromatic nitrogens is 2. The van der Waals surface area contributed by atoms with Gasteiger partial charge in [-0.2, -0.15) is 0 Å². The highest BCUT2D eigenvalue weighted by Crippen LogP contribution is 2.30. The minimum Gasteiger partial charge on any atom is -0.394 e. The van der Waals surface area contributed by atoms with Crippen molar-refractivity contribution >= 4 is 39.1 Å². The lowest BCUT2D eigenvalue weighted by atomic mass is 10.2. The van der Waals surface area contributed by atoms with Crippen LogP contribution in [0, 0.1) is 11.6 Å². The fourth-order valence-corrected chi connectivity index (χ4v) is 3.73. The number of nitrogens with zero attached hydrogens (tertiary/aromatic N) is 2. The predicted octanol–water partition coefficient (Wildman–Crippen LogP) is 4.05. The fourth-order valence-electron chi connectivity index (χ4n) is 2.09. The van der Waals surface area contributed by atoms with Crippen molar-refractivity contribution < 1.29 is 13.9 Å². The second kappa shape index (κ2) is 7.42. The molecule has 3 rings (SSSR count). The molecule has 0 radical (unpaired) electrons. The molecule has 0 fully saturated rings. The molecule has 0 saturated heterocycles. The second-order valence-corrected chi connectivity index (χ2v) is 7.06. The maximum absolute atomic E-state index is 13.7. The van der Waals surface area contributed by atoms with Crippen LogP contribution in [-0.4, -0.2) is 27.7 Å². The van der Waals surface area contributed by atoms with Gasteiger partial charge in [-0.15, -0.1) is 11.3 Å². The second-order valence-electron chi connectivity index (χ2n) is 5.22. The molecule has 3 aromatic rings.